The van der Waals surface area contributed by atoms with E-state index in [1.807, 2.05) is 12.1 Å². The van der Waals surface area contributed by atoms with E-state index in [-0.39, 0.29) is 5.82 Å². The molecule has 0 amide bonds. The minimum absolute atomic E-state index is 0.190. The Bertz CT molecular complexity index is 565. The molecule has 21 heavy (non-hydrogen) atoms. The highest BCUT2D eigenvalue weighted by atomic mass is 19.1. The molecule has 3 heteroatoms. The molecule has 0 fully saturated rings. The maximum absolute atomic E-state index is 13.1. The first-order chi connectivity index (χ1) is 10.2. The summed E-state index contributed by atoms with van der Waals surface area (Å²) in [7, 11) is 0. The van der Waals surface area contributed by atoms with Gasteiger partial charge in [-0.3, -0.25) is 4.90 Å². The van der Waals surface area contributed by atoms with Crippen molar-refractivity contribution in [1.82, 2.24) is 4.90 Å². The highest BCUT2D eigenvalue weighted by molar-refractivity contribution is 5.46. The van der Waals surface area contributed by atoms with Gasteiger partial charge in [0.05, 0.1) is 0 Å². The average molecular weight is 286 g/mol. The lowest BCUT2D eigenvalue weighted by Crippen LogP contribution is -2.22. The Morgan fingerprint density at radius 3 is 2.38 bits per heavy atom. The first kappa shape index (κ1) is 15.5. The lowest BCUT2D eigenvalue weighted by atomic mass is 10.1. The summed E-state index contributed by atoms with van der Waals surface area (Å²) in [4.78, 5) is 2.38. The Kier molecular flexibility index (Phi) is 5.76. The summed E-state index contributed by atoms with van der Waals surface area (Å²) < 4.78 is 13.1. The minimum atomic E-state index is -0.190. The van der Waals surface area contributed by atoms with Gasteiger partial charge in [-0.25, -0.2) is 4.39 Å². The molecule has 0 aliphatic carbocycles. The summed E-state index contributed by atoms with van der Waals surface area (Å²) >= 11 is 0. The Morgan fingerprint density at radius 2 is 1.67 bits per heavy atom. The van der Waals surface area contributed by atoms with E-state index in [4.69, 9.17) is 0 Å². The van der Waals surface area contributed by atoms with Gasteiger partial charge in [0.1, 0.15) is 5.82 Å². The number of anilines is 1. The van der Waals surface area contributed by atoms with Crippen molar-refractivity contribution in [2.75, 3.05) is 18.4 Å². The summed E-state index contributed by atoms with van der Waals surface area (Å²) in [5, 5.41) is 3.35. The first-order valence-corrected chi connectivity index (χ1v) is 7.51. The molecule has 2 aromatic carbocycles. The molecule has 0 spiro atoms. The third-order valence-corrected chi connectivity index (χ3v) is 3.61. The van der Waals surface area contributed by atoms with Crippen LogP contribution in [0.4, 0.5) is 10.1 Å². The highest BCUT2D eigenvalue weighted by Crippen LogP contribution is 2.14. The number of benzene rings is 2. The Balaban J connectivity index is 1.97. The van der Waals surface area contributed by atoms with Gasteiger partial charge in [-0.15, -0.1) is 0 Å². The largest absolute Gasteiger partial charge is 0.381 e. The summed E-state index contributed by atoms with van der Waals surface area (Å²) in [5.74, 6) is -0.190. The fraction of sp³-hybridized carbons (Fsp3) is 0.333. The number of hydrogen-bond donors (Lipinski definition) is 1. The third-order valence-electron chi connectivity index (χ3n) is 3.61. The zero-order valence-electron chi connectivity index (χ0n) is 12.8. The molecule has 0 aliphatic heterocycles. The normalized spacial score (nSPS) is 10.9. The molecule has 1 N–H and O–H groups in total. The van der Waals surface area contributed by atoms with Gasteiger partial charge in [-0.05, 0) is 48.5 Å². The van der Waals surface area contributed by atoms with Crippen molar-refractivity contribution in [3.63, 3.8) is 0 Å². The van der Waals surface area contributed by atoms with Crippen molar-refractivity contribution in [3.05, 3.63) is 65.5 Å². The van der Waals surface area contributed by atoms with Crippen LogP contribution in [0.3, 0.4) is 0 Å². The molecule has 2 rings (SSSR count). The van der Waals surface area contributed by atoms with E-state index in [0.717, 1.165) is 30.9 Å². The van der Waals surface area contributed by atoms with Crippen LogP contribution in [0.2, 0.25) is 0 Å². The summed E-state index contributed by atoms with van der Waals surface area (Å²) in [6, 6.07) is 15.1. The van der Waals surface area contributed by atoms with Gasteiger partial charge in [0.15, 0.2) is 0 Å². The lowest BCUT2D eigenvalue weighted by Gasteiger charge is -2.18. The van der Waals surface area contributed by atoms with Crippen molar-refractivity contribution in [2.45, 2.75) is 26.9 Å². The van der Waals surface area contributed by atoms with Gasteiger partial charge < -0.3 is 5.32 Å². The summed E-state index contributed by atoms with van der Waals surface area (Å²) in [6.07, 6.45) is 0. The highest BCUT2D eigenvalue weighted by Gasteiger charge is 2.02. The summed E-state index contributed by atoms with van der Waals surface area (Å²) in [6.45, 7) is 8.05. The Labute approximate surface area is 126 Å². The van der Waals surface area contributed by atoms with E-state index in [1.54, 1.807) is 12.1 Å². The smallest absolute Gasteiger partial charge is 0.123 e. The molecule has 0 radical (unpaired) electrons. The molecule has 0 atom stereocenters. The monoisotopic (exact) mass is 286 g/mol. The number of nitrogens with zero attached hydrogens (tertiary/aromatic N) is 1. The molecule has 2 aromatic rings. The minimum Gasteiger partial charge on any atom is -0.381 e. The van der Waals surface area contributed by atoms with Crippen LogP contribution in [-0.2, 0) is 13.1 Å². The molecular formula is C18H23FN2. The van der Waals surface area contributed by atoms with Gasteiger partial charge in [0.2, 0.25) is 0 Å². The fourth-order valence-electron chi connectivity index (χ4n) is 2.34. The van der Waals surface area contributed by atoms with Crippen LogP contribution in [0.1, 0.15) is 25.0 Å². The molecule has 0 aliphatic rings. The lowest BCUT2D eigenvalue weighted by molar-refractivity contribution is 0.296. The van der Waals surface area contributed by atoms with Crippen LogP contribution in [0.15, 0.2) is 48.5 Å². The van der Waals surface area contributed by atoms with Crippen LogP contribution < -0.4 is 5.32 Å². The van der Waals surface area contributed by atoms with Gasteiger partial charge >= 0.3 is 0 Å². The molecule has 0 heterocycles. The van der Waals surface area contributed by atoms with Crippen molar-refractivity contribution < 1.29 is 4.39 Å². The Hall–Kier alpha value is -1.87. The fourth-order valence-corrected chi connectivity index (χ4v) is 2.34. The van der Waals surface area contributed by atoms with Gasteiger partial charge in [0.25, 0.3) is 0 Å². The number of nitrogens with one attached hydrogen (secondary N) is 1. The van der Waals surface area contributed by atoms with Crippen molar-refractivity contribution in [3.8, 4) is 0 Å². The summed E-state index contributed by atoms with van der Waals surface area (Å²) in [5.41, 5.74) is 3.32. The van der Waals surface area contributed by atoms with Gasteiger partial charge in [-0.1, -0.05) is 38.1 Å². The maximum Gasteiger partial charge on any atom is 0.123 e. The maximum atomic E-state index is 13.1. The van der Waals surface area contributed by atoms with Crippen LogP contribution in [0.5, 0.6) is 0 Å². The number of hydrogen-bond acceptors (Lipinski definition) is 2. The second-order valence-electron chi connectivity index (χ2n) is 5.15. The zero-order chi connectivity index (χ0) is 15.1. The van der Waals surface area contributed by atoms with Crippen molar-refractivity contribution in [2.24, 2.45) is 0 Å². The number of halogens is 1. The quantitative estimate of drug-likeness (QED) is 0.817. The number of rotatable bonds is 7. The van der Waals surface area contributed by atoms with E-state index in [2.05, 4.69) is 42.3 Å². The zero-order valence-corrected chi connectivity index (χ0v) is 12.8. The molecule has 0 bridgehead atoms. The molecule has 0 saturated carbocycles. The van der Waals surface area contributed by atoms with E-state index in [1.165, 1.54) is 11.6 Å². The van der Waals surface area contributed by atoms with Crippen LogP contribution >= 0.6 is 0 Å². The van der Waals surface area contributed by atoms with Crippen LogP contribution in [0, 0.1) is 5.82 Å². The SMILES string of the molecule is CCN(CC)Cc1cccc(NCc2cccc(F)c2)c1. The predicted molar refractivity (Wildman–Crippen MR) is 86.8 cm³/mol. The molecule has 0 saturated heterocycles. The topological polar surface area (TPSA) is 15.3 Å². The second-order valence-corrected chi connectivity index (χ2v) is 5.15. The molecule has 0 unspecified atom stereocenters. The predicted octanol–water partition coefficient (Wildman–Crippen LogP) is 4.28. The van der Waals surface area contributed by atoms with E-state index >= 15 is 0 Å². The Morgan fingerprint density at radius 1 is 0.952 bits per heavy atom. The van der Waals surface area contributed by atoms with Crippen molar-refractivity contribution >= 4 is 5.69 Å². The van der Waals surface area contributed by atoms with Crippen molar-refractivity contribution in [1.29, 1.82) is 0 Å². The van der Waals surface area contributed by atoms with E-state index < -0.39 is 0 Å². The van der Waals surface area contributed by atoms with Crippen LogP contribution in [0.25, 0.3) is 0 Å². The molecule has 112 valence electrons. The van der Waals surface area contributed by atoms with Crippen LogP contribution in [-0.4, -0.2) is 18.0 Å². The average Bonchev–Trinajstić information content (AvgIpc) is 2.51. The van der Waals surface area contributed by atoms with E-state index in [9.17, 15) is 4.39 Å². The molecule has 0 aromatic heterocycles. The van der Waals surface area contributed by atoms with Gasteiger partial charge in [-0.2, -0.15) is 0 Å². The standard InChI is InChI=1S/C18H23FN2/c1-3-21(4-2)14-16-8-6-10-18(12-16)20-13-15-7-5-9-17(19)11-15/h5-12,20H,3-4,13-14H2,1-2H3. The first-order valence-electron chi connectivity index (χ1n) is 7.51. The second kappa shape index (κ2) is 7.79. The van der Waals surface area contributed by atoms with Gasteiger partial charge in [0, 0.05) is 18.8 Å². The van der Waals surface area contributed by atoms with E-state index in [0.29, 0.717) is 6.54 Å². The molecule has 2 nitrogen and oxygen atoms in total. The third kappa shape index (κ3) is 4.87. The molecular weight excluding hydrogens is 263 g/mol.